The Labute approximate surface area is 192 Å². The molecule has 0 aliphatic carbocycles. The Morgan fingerprint density at radius 2 is 1.79 bits per heavy atom. The number of carbonyl (C=O) groups is 1. The van der Waals surface area contributed by atoms with E-state index >= 15 is 0 Å². The lowest BCUT2D eigenvalue weighted by atomic mass is 9.99. The van der Waals surface area contributed by atoms with Gasteiger partial charge in [0.05, 0.1) is 13.2 Å². The van der Waals surface area contributed by atoms with E-state index in [1.54, 1.807) is 7.11 Å². The number of aliphatic carboxylic acids is 1. The van der Waals surface area contributed by atoms with Crippen LogP contribution in [-0.4, -0.2) is 34.3 Å². The number of aromatic nitrogens is 2. The first-order valence-electron chi connectivity index (χ1n) is 10.9. The largest absolute Gasteiger partial charge is 0.497 e. The van der Waals surface area contributed by atoms with Crippen LogP contribution in [-0.2, 0) is 4.79 Å². The summed E-state index contributed by atoms with van der Waals surface area (Å²) in [4.78, 5) is 19.5. The standard InChI is InChI=1S/C26H26N2O5/c1-17(8-6-7-11-21(29)30)32-25-23-22(18-12-14-20(31-2)15-13-18)24(19-9-4-3-5-10-19)33-26(23)28-16-27-25/h3-5,9-10,12-17H,6-8,11H2,1-2H3,(H,29,30)/t17-/m1/s1. The van der Waals surface area contributed by atoms with E-state index < -0.39 is 5.97 Å². The zero-order valence-corrected chi connectivity index (χ0v) is 18.7. The topological polar surface area (TPSA) is 94.7 Å². The smallest absolute Gasteiger partial charge is 0.303 e. The van der Waals surface area contributed by atoms with Crippen molar-refractivity contribution in [3.8, 4) is 34.1 Å². The van der Waals surface area contributed by atoms with Crippen LogP contribution in [0.4, 0.5) is 0 Å². The van der Waals surface area contributed by atoms with Gasteiger partial charge in [0, 0.05) is 17.5 Å². The van der Waals surface area contributed by atoms with Crippen molar-refractivity contribution < 1.29 is 23.8 Å². The average molecular weight is 447 g/mol. The number of carboxylic acids is 1. The summed E-state index contributed by atoms with van der Waals surface area (Å²) >= 11 is 0. The van der Waals surface area contributed by atoms with Crippen LogP contribution < -0.4 is 9.47 Å². The van der Waals surface area contributed by atoms with Crippen LogP contribution in [0.15, 0.2) is 65.3 Å². The second-order valence-electron chi connectivity index (χ2n) is 7.83. The van der Waals surface area contributed by atoms with Gasteiger partial charge in [0.1, 0.15) is 23.2 Å². The Morgan fingerprint density at radius 1 is 1.03 bits per heavy atom. The van der Waals surface area contributed by atoms with Gasteiger partial charge in [0.2, 0.25) is 11.6 Å². The molecule has 4 aromatic rings. The summed E-state index contributed by atoms with van der Waals surface area (Å²) < 4.78 is 17.7. The first kappa shape index (κ1) is 22.3. The highest BCUT2D eigenvalue weighted by Crippen LogP contribution is 2.43. The maximum Gasteiger partial charge on any atom is 0.303 e. The maximum atomic E-state index is 10.7. The van der Waals surface area contributed by atoms with Crippen LogP contribution >= 0.6 is 0 Å². The quantitative estimate of drug-likeness (QED) is 0.300. The lowest BCUT2D eigenvalue weighted by molar-refractivity contribution is -0.137. The van der Waals surface area contributed by atoms with Crippen molar-refractivity contribution in [2.45, 2.75) is 38.7 Å². The monoisotopic (exact) mass is 446 g/mol. The fraction of sp³-hybridized carbons (Fsp3) is 0.269. The molecule has 0 bridgehead atoms. The molecule has 2 aromatic carbocycles. The highest BCUT2D eigenvalue weighted by molar-refractivity contribution is 6.03. The molecule has 7 heteroatoms. The fourth-order valence-corrected chi connectivity index (χ4v) is 3.78. The van der Waals surface area contributed by atoms with Crippen molar-refractivity contribution in [1.82, 2.24) is 9.97 Å². The molecule has 2 aromatic heterocycles. The summed E-state index contributed by atoms with van der Waals surface area (Å²) in [5, 5.41) is 9.54. The number of benzene rings is 2. The molecule has 0 fully saturated rings. The molecule has 2 heterocycles. The SMILES string of the molecule is COc1ccc(-c2c(-c3ccccc3)oc3ncnc(O[C@H](C)CCCCC(=O)O)c23)cc1. The second kappa shape index (κ2) is 10.2. The molecule has 0 saturated heterocycles. The zero-order valence-electron chi connectivity index (χ0n) is 18.7. The highest BCUT2D eigenvalue weighted by atomic mass is 16.5. The number of carboxylic acid groups (broad SMARTS) is 1. The Morgan fingerprint density at radius 3 is 2.48 bits per heavy atom. The van der Waals surface area contributed by atoms with Gasteiger partial charge in [-0.3, -0.25) is 4.79 Å². The summed E-state index contributed by atoms with van der Waals surface area (Å²) in [5.74, 6) is 1.12. The number of nitrogens with zero attached hydrogens (tertiary/aromatic N) is 2. The minimum Gasteiger partial charge on any atom is -0.497 e. The summed E-state index contributed by atoms with van der Waals surface area (Å²) in [7, 11) is 1.63. The van der Waals surface area contributed by atoms with E-state index in [4.69, 9.17) is 19.0 Å². The molecular formula is C26H26N2O5. The van der Waals surface area contributed by atoms with Gasteiger partial charge in [-0.2, -0.15) is 0 Å². The van der Waals surface area contributed by atoms with Gasteiger partial charge in [-0.25, -0.2) is 9.97 Å². The van der Waals surface area contributed by atoms with Crippen LogP contribution in [0, 0.1) is 0 Å². The van der Waals surface area contributed by atoms with E-state index in [9.17, 15) is 4.79 Å². The molecule has 33 heavy (non-hydrogen) atoms. The van der Waals surface area contributed by atoms with E-state index in [2.05, 4.69) is 9.97 Å². The van der Waals surface area contributed by atoms with Gasteiger partial charge in [-0.1, -0.05) is 42.5 Å². The minimum atomic E-state index is -0.781. The van der Waals surface area contributed by atoms with Crippen molar-refractivity contribution in [2.24, 2.45) is 0 Å². The van der Waals surface area contributed by atoms with Gasteiger partial charge in [0.15, 0.2) is 0 Å². The van der Waals surface area contributed by atoms with Gasteiger partial charge in [-0.15, -0.1) is 0 Å². The van der Waals surface area contributed by atoms with Crippen molar-refractivity contribution in [3.63, 3.8) is 0 Å². The molecular weight excluding hydrogens is 420 g/mol. The van der Waals surface area contributed by atoms with Crippen LogP contribution in [0.2, 0.25) is 0 Å². The highest BCUT2D eigenvalue weighted by Gasteiger charge is 2.23. The summed E-state index contributed by atoms with van der Waals surface area (Å²) in [6.45, 7) is 1.96. The number of methoxy groups -OCH3 is 1. The molecule has 7 nitrogen and oxygen atoms in total. The third kappa shape index (κ3) is 5.14. The number of hydrogen-bond donors (Lipinski definition) is 1. The first-order valence-corrected chi connectivity index (χ1v) is 10.9. The van der Waals surface area contributed by atoms with Crippen LogP contribution in [0.5, 0.6) is 11.6 Å². The molecule has 4 rings (SSSR count). The number of rotatable bonds is 10. The molecule has 1 atom stereocenters. The Kier molecular flexibility index (Phi) is 6.88. The Hall–Kier alpha value is -3.87. The summed E-state index contributed by atoms with van der Waals surface area (Å²) in [6, 6.07) is 17.6. The maximum absolute atomic E-state index is 10.7. The number of unbranched alkanes of at least 4 members (excludes halogenated alkanes) is 1. The zero-order chi connectivity index (χ0) is 23.2. The van der Waals surface area contributed by atoms with E-state index in [0.29, 0.717) is 29.2 Å². The molecule has 0 radical (unpaired) electrons. The lowest BCUT2D eigenvalue weighted by Gasteiger charge is -2.14. The molecule has 1 N–H and O–H groups in total. The van der Waals surface area contributed by atoms with Crippen LogP contribution in [0.3, 0.4) is 0 Å². The van der Waals surface area contributed by atoms with Crippen molar-refractivity contribution >= 4 is 17.1 Å². The van der Waals surface area contributed by atoms with E-state index in [0.717, 1.165) is 35.3 Å². The molecule has 0 aliphatic heterocycles. The summed E-state index contributed by atoms with van der Waals surface area (Å²) in [6.07, 6.45) is 3.55. The fourth-order valence-electron chi connectivity index (χ4n) is 3.78. The molecule has 170 valence electrons. The van der Waals surface area contributed by atoms with Gasteiger partial charge in [0.25, 0.3) is 0 Å². The number of furan rings is 1. The van der Waals surface area contributed by atoms with Crippen LogP contribution in [0.1, 0.15) is 32.6 Å². The van der Waals surface area contributed by atoms with E-state index in [-0.39, 0.29) is 12.5 Å². The lowest BCUT2D eigenvalue weighted by Crippen LogP contribution is -2.13. The van der Waals surface area contributed by atoms with Crippen LogP contribution in [0.25, 0.3) is 33.6 Å². The van der Waals surface area contributed by atoms with Crippen molar-refractivity contribution in [1.29, 1.82) is 0 Å². The molecule has 0 saturated carbocycles. The van der Waals surface area contributed by atoms with Gasteiger partial charge < -0.3 is 19.0 Å². The predicted molar refractivity (Wildman–Crippen MR) is 125 cm³/mol. The first-order chi connectivity index (χ1) is 16.1. The van der Waals surface area contributed by atoms with E-state index in [1.165, 1.54) is 6.33 Å². The Bertz CT molecular complexity index is 1220. The average Bonchev–Trinajstić information content (AvgIpc) is 3.23. The normalized spacial score (nSPS) is 11.9. The Balaban J connectivity index is 1.74. The molecule has 0 amide bonds. The molecule has 0 unspecified atom stereocenters. The molecule has 0 spiro atoms. The predicted octanol–water partition coefficient (Wildman–Crippen LogP) is 5.98. The van der Waals surface area contributed by atoms with E-state index in [1.807, 2.05) is 61.5 Å². The number of ether oxygens (including phenoxy) is 2. The molecule has 0 aliphatic rings. The number of hydrogen-bond acceptors (Lipinski definition) is 6. The summed E-state index contributed by atoms with van der Waals surface area (Å²) in [5.41, 5.74) is 3.16. The van der Waals surface area contributed by atoms with Crippen molar-refractivity contribution in [2.75, 3.05) is 7.11 Å². The minimum absolute atomic E-state index is 0.143. The number of fused-ring (bicyclic) bond motifs is 1. The van der Waals surface area contributed by atoms with Gasteiger partial charge >= 0.3 is 5.97 Å². The third-order valence-electron chi connectivity index (χ3n) is 5.43. The third-order valence-corrected chi connectivity index (χ3v) is 5.43. The van der Waals surface area contributed by atoms with Gasteiger partial charge in [-0.05, 0) is 43.9 Å². The van der Waals surface area contributed by atoms with Crippen molar-refractivity contribution in [3.05, 3.63) is 60.9 Å². The second-order valence-corrected chi connectivity index (χ2v) is 7.83.